The molecule has 26 heavy (non-hydrogen) atoms. The van der Waals surface area contributed by atoms with Crippen molar-refractivity contribution in [3.63, 3.8) is 0 Å². The number of amides is 1. The third-order valence-corrected chi connectivity index (χ3v) is 5.09. The van der Waals surface area contributed by atoms with Gasteiger partial charge in [0.15, 0.2) is 6.29 Å². The molecule has 2 aliphatic rings. The summed E-state index contributed by atoms with van der Waals surface area (Å²) >= 11 is 0. The van der Waals surface area contributed by atoms with Gasteiger partial charge in [-0.15, -0.1) is 5.10 Å². The highest BCUT2D eigenvalue weighted by atomic mass is 16.7. The van der Waals surface area contributed by atoms with E-state index in [-0.39, 0.29) is 30.7 Å². The molecule has 3 heterocycles. The van der Waals surface area contributed by atoms with Crippen molar-refractivity contribution in [2.24, 2.45) is 5.92 Å². The predicted octanol–water partition coefficient (Wildman–Crippen LogP) is 0.793. The Morgan fingerprint density at radius 1 is 1.15 bits per heavy atom. The van der Waals surface area contributed by atoms with Gasteiger partial charge in [0, 0.05) is 25.4 Å². The van der Waals surface area contributed by atoms with E-state index in [0.717, 1.165) is 12.8 Å². The Balaban J connectivity index is 1.33. The average molecular weight is 358 g/mol. The van der Waals surface area contributed by atoms with Crippen molar-refractivity contribution in [3.05, 3.63) is 34.6 Å². The van der Waals surface area contributed by atoms with Crippen molar-refractivity contribution in [2.45, 2.75) is 32.1 Å². The normalized spacial score (nSPS) is 19.3. The number of aromatic nitrogens is 3. The highest BCUT2D eigenvalue weighted by molar-refractivity contribution is 5.77. The molecule has 0 bridgehead atoms. The van der Waals surface area contributed by atoms with Gasteiger partial charge in [0.2, 0.25) is 5.91 Å². The lowest BCUT2D eigenvalue weighted by atomic mass is 9.96. The molecule has 0 unspecified atom stereocenters. The van der Waals surface area contributed by atoms with Crippen LogP contribution in [0, 0.1) is 5.92 Å². The zero-order valence-corrected chi connectivity index (χ0v) is 14.5. The fourth-order valence-corrected chi connectivity index (χ4v) is 3.60. The molecule has 8 heteroatoms. The second kappa shape index (κ2) is 7.51. The summed E-state index contributed by atoms with van der Waals surface area (Å²) in [5.74, 6) is 0.397. The van der Waals surface area contributed by atoms with E-state index >= 15 is 0 Å². The van der Waals surface area contributed by atoms with Gasteiger partial charge in [-0.25, -0.2) is 4.68 Å². The molecule has 1 aromatic carbocycles. The second-order valence-electron chi connectivity index (χ2n) is 6.71. The van der Waals surface area contributed by atoms with E-state index < -0.39 is 0 Å². The molecule has 2 fully saturated rings. The highest BCUT2D eigenvalue weighted by Crippen LogP contribution is 2.26. The third kappa shape index (κ3) is 3.47. The minimum absolute atomic E-state index is 0.0403. The quantitative estimate of drug-likeness (QED) is 0.803. The van der Waals surface area contributed by atoms with Crippen LogP contribution in [0.15, 0.2) is 29.1 Å². The van der Waals surface area contributed by atoms with E-state index in [1.54, 1.807) is 18.2 Å². The van der Waals surface area contributed by atoms with Crippen molar-refractivity contribution >= 4 is 16.8 Å². The summed E-state index contributed by atoms with van der Waals surface area (Å²) in [6.07, 6.45) is 1.89. The Morgan fingerprint density at radius 3 is 2.65 bits per heavy atom. The number of benzene rings is 1. The summed E-state index contributed by atoms with van der Waals surface area (Å²) < 4.78 is 12.4. The summed E-state index contributed by atoms with van der Waals surface area (Å²) in [6.45, 7) is 2.96. The van der Waals surface area contributed by atoms with Gasteiger partial charge < -0.3 is 14.4 Å². The average Bonchev–Trinajstić information content (AvgIpc) is 3.22. The number of hydrogen-bond donors (Lipinski definition) is 0. The van der Waals surface area contributed by atoms with E-state index in [1.165, 1.54) is 4.68 Å². The molecule has 2 saturated heterocycles. The molecule has 8 nitrogen and oxygen atoms in total. The molecule has 2 aliphatic heterocycles. The van der Waals surface area contributed by atoms with Crippen molar-refractivity contribution in [1.82, 2.24) is 19.9 Å². The molecule has 0 atom stereocenters. The fraction of sp³-hybridized carbons (Fsp3) is 0.556. The summed E-state index contributed by atoms with van der Waals surface area (Å²) in [5.41, 5.74) is 0.358. The minimum Gasteiger partial charge on any atom is -0.350 e. The second-order valence-corrected chi connectivity index (χ2v) is 6.71. The Labute approximate surface area is 150 Å². The van der Waals surface area contributed by atoms with Crippen LogP contribution in [-0.2, 0) is 20.8 Å². The van der Waals surface area contributed by atoms with Gasteiger partial charge in [0.1, 0.15) is 5.52 Å². The Kier molecular flexibility index (Phi) is 4.94. The van der Waals surface area contributed by atoms with Crippen LogP contribution in [0.25, 0.3) is 10.9 Å². The summed E-state index contributed by atoms with van der Waals surface area (Å²) in [5, 5.41) is 8.51. The van der Waals surface area contributed by atoms with E-state index in [0.29, 0.717) is 43.1 Å². The van der Waals surface area contributed by atoms with Crippen LogP contribution in [0.2, 0.25) is 0 Å². The first-order chi connectivity index (χ1) is 12.7. The number of rotatable bonds is 4. The van der Waals surface area contributed by atoms with Crippen LogP contribution >= 0.6 is 0 Å². The van der Waals surface area contributed by atoms with Crippen molar-refractivity contribution < 1.29 is 14.3 Å². The van der Waals surface area contributed by atoms with E-state index in [4.69, 9.17) is 9.47 Å². The molecule has 0 aliphatic carbocycles. The maximum absolute atomic E-state index is 12.5. The number of aryl methyl sites for hydroxylation is 1. The lowest BCUT2D eigenvalue weighted by molar-refractivity contribution is -0.137. The first-order valence-electron chi connectivity index (χ1n) is 9.06. The van der Waals surface area contributed by atoms with E-state index in [2.05, 4.69) is 10.3 Å². The summed E-state index contributed by atoms with van der Waals surface area (Å²) in [4.78, 5) is 26.7. The maximum atomic E-state index is 12.5. The van der Waals surface area contributed by atoms with Gasteiger partial charge in [-0.05, 0) is 25.0 Å². The fourth-order valence-electron chi connectivity index (χ4n) is 3.60. The highest BCUT2D eigenvalue weighted by Gasteiger charge is 2.31. The molecular formula is C18H22N4O4. The van der Waals surface area contributed by atoms with Gasteiger partial charge in [-0.1, -0.05) is 17.3 Å². The molecule has 1 aromatic heterocycles. The molecule has 138 valence electrons. The maximum Gasteiger partial charge on any atom is 0.277 e. The van der Waals surface area contributed by atoms with Gasteiger partial charge in [0.05, 0.1) is 25.1 Å². The van der Waals surface area contributed by atoms with Crippen LogP contribution in [-0.4, -0.2) is 58.4 Å². The monoisotopic (exact) mass is 358 g/mol. The number of fused-ring (bicyclic) bond motifs is 1. The van der Waals surface area contributed by atoms with Crippen LogP contribution in [0.4, 0.5) is 0 Å². The number of piperidine rings is 1. The predicted molar refractivity (Wildman–Crippen MR) is 93.4 cm³/mol. The molecular weight excluding hydrogens is 336 g/mol. The van der Waals surface area contributed by atoms with E-state index in [1.807, 2.05) is 11.0 Å². The number of likely N-dealkylation sites (tertiary alicyclic amines) is 1. The summed E-state index contributed by atoms with van der Waals surface area (Å²) in [7, 11) is 0. The Morgan fingerprint density at radius 2 is 1.88 bits per heavy atom. The van der Waals surface area contributed by atoms with Crippen molar-refractivity contribution in [3.8, 4) is 0 Å². The lowest BCUT2D eigenvalue weighted by Crippen LogP contribution is -2.42. The van der Waals surface area contributed by atoms with Crippen molar-refractivity contribution in [1.29, 1.82) is 0 Å². The van der Waals surface area contributed by atoms with Crippen LogP contribution in [0.1, 0.15) is 19.3 Å². The number of hydrogen-bond acceptors (Lipinski definition) is 6. The number of nitrogens with zero attached hydrogens (tertiary/aromatic N) is 4. The van der Waals surface area contributed by atoms with Crippen LogP contribution in [0.5, 0.6) is 0 Å². The Hall–Kier alpha value is -2.32. The molecule has 0 spiro atoms. The van der Waals surface area contributed by atoms with Gasteiger partial charge in [-0.2, -0.15) is 0 Å². The van der Waals surface area contributed by atoms with Gasteiger partial charge in [-0.3, -0.25) is 9.59 Å². The van der Waals surface area contributed by atoms with Crippen LogP contribution in [0.3, 0.4) is 0 Å². The molecule has 0 saturated carbocycles. The number of carbonyl (C=O) groups is 1. The standard InChI is InChI=1S/C18H22N4O4/c23-16(21-8-5-13(6-9-21)18-25-11-12-26-18)7-10-22-17(24)14-3-1-2-4-15(14)19-20-22/h1-4,13,18H,5-12H2. The summed E-state index contributed by atoms with van der Waals surface area (Å²) in [6, 6.07) is 7.09. The number of ether oxygens (including phenoxy) is 2. The topological polar surface area (TPSA) is 86.5 Å². The SMILES string of the molecule is O=C(CCn1nnc2ccccc2c1=O)N1CCC(C2OCCO2)CC1. The minimum atomic E-state index is -0.211. The van der Waals surface area contributed by atoms with Gasteiger partial charge >= 0.3 is 0 Å². The smallest absolute Gasteiger partial charge is 0.277 e. The molecule has 2 aromatic rings. The third-order valence-electron chi connectivity index (χ3n) is 5.09. The molecule has 0 N–H and O–H groups in total. The van der Waals surface area contributed by atoms with Gasteiger partial charge in [0.25, 0.3) is 5.56 Å². The molecule has 1 amide bonds. The molecule has 0 radical (unpaired) electrons. The molecule has 4 rings (SSSR count). The van der Waals surface area contributed by atoms with Crippen LogP contribution < -0.4 is 5.56 Å². The first-order valence-corrected chi connectivity index (χ1v) is 9.06. The Bertz CT molecular complexity index is 838. The number of carbonyl (C=O) groups excluding carboxylic acids is 1. The van der Waals surface area contributed by atoms with Crippen molar-refractivity contribution in [2.75, 3.05) is 26.3 Å². The zero-order valence-electron chi connectivity index (χ0n) is 14.5. The van der Waals surface area contributed by atoms with E-state index in [9.17, 15) is 9.59 Å². The zero-order chi connectivity index (χ0) is 17.9. The lowest BCUT2D eigenvalue weighted by Gasteiger charge is -2.33. The largest absolute Gasteiger partial charge is 0.350 e. The first kappa shape index (κ1) is 17.1.